The van der Waals surface area contributed by atoms with Crippen LogP contribution in [-0.2, 0) is 0 Å². The number of carboxylic acids is 1. The molecule has 0 aliphatic rings. The lowest BCUT2D eigenvalue weighted by Gasteiger charge is -2.12. The minimum Gasteiger partial charge on any atom is -0.476 e. The number of hydrogen-bond donors (Lipinski definition) is 1. The molecule has 0 aliphatic heterocycles. The largest absolute Gasteiger partial charge is 0.476 e. The molecule has 0 spiro atoms. The summed E-state index contributed by atoms with van der Waals surface area (Å²) in [6.45, 7) is 0. The lowest BCUT2D eigenvalue weighted by Crippen LogP contribution is -2.14. The number of carboxylic acid groups (broad SMARTS) is 1. The van der Waals surface area contributed by atoms with E-state index in [9.17, 15) is 9.59 Å². The Morgan fingerprint density at radius 1 is 1.00 bits per heavy atom. The maximum absolute atomic E-state index is 12.3. The molecule has 102 valence electrons. The Balaban J connectivity index is 2.39. The van der Waals surface area contributed by atoms with Gasteiger partial charge in [-0.05, 0) is 24.3 Å². The molecule has 0 radical (unpaired) electrons. The number of nitrogens with zero attached hydrogens (tertiary/aromatic N) is 3. The highest BCUT2D eigenvalue weighted by Crippen LogP contribution is 2.15. The molecule has 6 heteroatoms. The summed E-state index contributed by atoms with van der Waals surface area (Å²) in [5.74, 6) is -1.73. The fourth-order valence-electron chi connectivity index (χ4n) is 1.71. The molecule has 1 aromatic carbocycles. The number of carbonyl (C=O) groups is 2. The molecule has 0 atom stereocenters. The first-order valence-corrected chi connectivity index (χ1v) is 5.87. The zero-order valence-corrected chi connectivity index (χ0v) is 11.1. The van der Waals surface area contributed by atoms with Gasteiger partial charge >= 0.3 is 5.97 Å². The lowest BCUT2D eigenvalue weighted by molar-refractivity contribution is 0.0685. The topological polar surface area (TPSA) is 83.4 Å². The summed E-state index contributed by atoms with van der Waals surface area (Å²) in [7, 11) is 3.78. The van der Waals surface area contributed by atoms with Crippen LogP contribution in [0.2, 0.25) is 0 Å². The smallest absolute Gasteiger partial charge is 0.356 e. The van der Waals surface area contributed by atoms with E-state index in [-0.39, 0.29) is 11.4 Å². The van der Waals surface area contributed by atoms with Crippen LogP contribution in [0.15, 0.2) is 36.7 Å². The van der Waals surface area contributed by atoms with Crippen molar-refractivity contribution in [3.05, 3.63) is 53.6 Å². The molecular formula is C14H13N3O3. The quantitative estimate of drug-likeness (QED) is 0.848. The van der Waals surface area contributed by atoms with Gasteiger partial charge < -0.3 is 10.0 Å². The van der Waals surface area contributed by atoms with Gasteiger partial charge in [0.25, 0.3) is 0 Å². The van der Waals surface area contributed by atoms with Gasteiger partial charge in [-0.1, -0.05) is 0 Å². The predicted octanol–water partition coefficient (Wildman–Crippen LogP) is 1.47. The van der Waals surface area contributed by atoms with Gasteiger partial charge in [-0.25, -0.2) is 14.8 Å². The van der Waals surface area contributed by atoms with E-state index >= 15 is 0 Å². The molecule has 2 aromatic rings. The molecule has 0 saturated heterocycles. The Morgan fingerprint density at radius 2 is 1.55 bits per heavy atom. The van der Waals surface area contributed by atoms with E-state index in [1.54, 1.807) is 24.3 Å². The number of hydrogen-bond acceptors (Lipinski definition) is 5. The van der Waals surface area contributed by atoms with E-state index in [0.29, 0.717) is 5.56 Å². The molecule has 20 heavy (non-hydrogen) atoms. The van der Waals surface area contributed by atoms with Gasteiger partial charge in [0.1, 0.15) is 5.69 Å². The fraction of sp³-hybridized carbons (Fsp3) is 0.143. The van der Waals surface area contributed by atoms with Gasteiger partial charge in [0, 0.05) is 37.7 Å². The van der Waals surface area contributed by atoms with Crippen LogP contribution in [0.5, 0.6) is 0 Å². The van der Waals surface area contributed by atoms with Crippen LogP contribution in [0.3, 0.4) is 0 Å². The second-order valence-electron chi connectivity index (χ2n) is 4.33. The summed E-state index contributed by atoms with van der Waals surface area (Å²) < 4.78 is 0. The number of aromatic nitrogens is 2. The molecule has 0 fully saturated rings. The van der Waals surface area contributed by atoms with Crippen molar-refractivity contribution in [2.45, 2.75) is 0 Å². The van der Waals surface area contributed by atoms with Crippen molar-refractivity contribution in [3.8, 4) is 0 Å². The normalized spacial score (nSPS) is 10.1. The summed E-state index contributed by atoms with van der Waals surface area (Å²) in [6.07, 6.45) is 2.54. The van der Waals surface area contributed by atoms with Crippen LogP contribution in [-0.4, -0.2) is 40.9 Å². The summed E-state index contributed by atoms with van der Waals surface area (Å²) in [5, 5.41) is 9.02. The molecule has 1 aromatic heterocycles. The minimum absolute atomic E-state index is 0.155. The number of ketones is 1. The second-order valence-corrected chi connectivity index (χ2v) is 4.33. The minimum atomic E-state index is -1.27. The Kier molecular flexibility index (Phi) is 3.74. The van der Waals surface area contributed by atoms with E-state index in [0.717, 1.165) is 5.69 Å². The van der Waals surface area contributed by atoms with E-state index in [1.807, 2.05) is 19.0 Å². The third-order valence-electron chi connectivity index (χ3n) is 2.76. The Hall–Kier alpha value is -2.76. The molecule has 0 saturated carbocycles. The third-order valence-corrected chi connectivity index (χ3v) is 2.76. The molecule has 1 N–H and O–H groups in total. The van der Waals surface area contributed by atoms with E-state index < -0.39 is 11.8 Å². The highest BCUT2D eigenvalue weighted by molar-refractivity contribution is 6.12. The first-order chi connectivity index (χ1) is 9.50. The highest BCUT2D eigenvalue weighted by atomic mass is 16.4. The zero-order chi connectivity index (χ0) is 14.7. The molecule has 2 rings (SSSR count). The number of benzene rings is 1. The SMILES string of the molecule is CN(C)c1ccc(C(=O)c2nccnc2C(=O)O)cc1. The van der Waals surface area contributed by atoms with Crippen molar-refractivity contribution in [1.82, 2.24) is 9.97 Å². The molecule has 6 nitrogen and oxygen atoms in total. The molecule has 0 aliphatic carbocycles. The zero-order valence-electron chi connectivity index (χ0n) is 11.1. The van der Waals surface area contributed by atoms with Crippen LogP contribution in [0.1, 0.15) is 26.5 Å². The Bertz CT molecular complexity index is 651. The van der Waals surface area contributed by atoms with Crippen molar-refractivity contribution >= 4 is 17.4 Å². The van der Waals surface area contributed by atoms with Crippen LogP contribution in [0.4, 0.5) is 5.69 Å². The standard InChI is InChI=1S/C14H13N3O3/c1-17(2)10-5-3-9(4-6-10)13(18)11-12(14(19)20)16-8-7-15-11/h3-8H,1-2H3,(H,19,20). The lowest BCUT2D eigenvalue weighted by atomic mass is 10.1. The number of carbonyl (C=O) groups excluding carboxylic acids is 1. The van der Waals surface area contributed by atoms with Gasteiger partial charge in [0.2, 0.25) is 5.78 Å². The number of rotatable bonds is 4. The maximum Gasteiger partial charge on any atom is 0.356 e. The van der Waals surface area contributed by atoms with Crippen molar-refractivity contribution in [2.75, 3.05) is 19.0 Å². The summed E-state index contributed by atoms with van der Waals surface area (Å²) in [4.78, 5) is 32.7. The summed E-state index contributed by atoms with van der Waals surface area (Å²) in [6, 6.07) is 6.84. The van der Waals surface area contributed by atoms with Gasteiger partial charge in [0.15, 0.2) is 5.69 Å². The third kappa shape index (κ3) is 2.64. The summed E-state index contributed by atoms with van der Waals surface area (Å²) >= 11 is 0. The summed E-state index contributed by atoms with van der Waals surface area (Å²) in [5.41, 5.74) is 0.824. The second kappa shape index (κ2) is 5.48. The number of anilines is 1. The van der Waals surface area contributed by atoms with Crippen molar-refractivity contribution in [3.63, 3.8) is 0 Å². The van der Waals surface area contributed by atoms with Gasteiger partial charge in [-0.2, -0.15) is 0 Å². The monoisotopic (exact) mass is 271 g/mol. The fourth-order valence-corrected chi connectivity index (χ4v) is 1.71. The first-order valence-electron chi connectivity index (χ1n) is 5.87. The van der Waals surface area contributed by atoms with Crippen LogP contribution in [0.25, 0.3) is 0 Å². The molecular weight excluding hydrogens is 258 g/mol. The van der Waals surface area contributed by atoms with E-state index in [1.165, 1.54) is 12.4 Å². The molecule has 1 heterocycles. The van der Waals surface area contributed by atoms with Crippen molar-refractivity contribution in [2.24, 2.45) is 0 Å². The van der Waals surface area contributed by atoms with Crippen LogP contribution in [0, 0.1) is 0 Å². The average Bonchev–Trinajstić information content (AvgIpc) is 2.46. The molecule has 0 amide bonds. The first kappa shape index (κ1) is 13.7. The highest BCUT2D eigenvalue weighted by Gasteiger charge is 2.20. The van der Waals surface area contributed by atoms with Crippen LogP contribution >= 0.6 is 0 Å². The van der Waals surface area contributed by atoms with Gasteiger partial charge in [-0.3, -0.25) is 4.79 Å². The molecule has 0 bridgehead atoms. The van der Waals surface area contributed by atoms with Crippen molar-refractivity contribution < 1.29 is 14.7 Å². The van der Waals surface area contributed by atoms with E-state index in [2.05, 4.69) is 9.97 Å². The van der Waals surface area contributed by atoms with Crippen molar-refractivity contribution in [1.29, 1.82) is 0 Å². The Morgan fingerprint density at radius 3 is 2.05 bits per heavy atom. The van der Waals surface area contributed by atoms with Crippen LogP contribution < -0.4 is 4.90 Å². The van der Waals surface area contributed by atoms with Gasteiger partial charge in [0.05, 0.1) is 0 Å². The van der Waals surface area contributed by atoms with E-state index in [4.69, 9.17) is 5.11 Å². The average molecular weight is 271 g/mol. The van der Waals surface area contributed by atoms with Gasteiger partial charge in [-0.15, -0.1) is 0 Å². The maximum atomic E-state index is 12.3. The number of aromatic carboxylic acids is 1. The Labute approximate surface area is 115 Å². The predicted molar refractivity (Wildman–Crippen MR) is 73.2 cm³/mol. The molecule has 0 unspecified atom stereocenters.